The van der Waals surface area contributed by atoms with Gasteiger partial charge in [-0.3, -0.25) is 0 Å². The Hall–Kier alpha value is -1.56. The van der Waals surface area contributed by atoms with Crippen LogP contribution in [0.3, 0.4) is 0 Å². The van der Waals surface area contributed by atoms with Gasteiger partial charge >= 0.3 is 6.09 Å². The number of benzene rings is 1. The highest BCUT2D eigenvalue weighted by atomic mass is 79.9. The maximum atomic E-state index is 11.1. The van der Waals surface area contributed by atoms with Crippen molar-refractivity contribution >= 4 is 28.2 Å². The molecular weight excluding hydrogens is 276 g/mol. The summed E-state index contributed by atoms with van der Waals surface area (Å²) in [6, 6.07) is 5.19. The maximum Gasteiger partial charge on any atom is 0.412 e. The van der Waals surface area contributed by atoms with Crippen molar-refractivity contribution in [2.24, 2.45) is 5.16 Å². The summed E-state index contributed by atoms with van der Waals surface area (Å²) in [6.45, 7) is 0. The maximum absolute atomic E-state index is 11.1. The van der Waals surface area contributed by atoms with Crippen LogP contribution in [0.4, 0.5) is 4.79 Å². The number of nitrogens with one attached hydrogen (secondary N) is 1. The molecule has 0 aromatic heterocycles. The minimum atomic E-state index is -0.533. The van der Waals surface area contributed by atoms with Crippen LogP contribution in [0.5, 0.6) is 5.75 Å². The fourth-order valence-corrected chi connectivity index (χ4v) is 1.35. The van der Waals surface area contributed by atoms with E-state index in [1.807, 2.05) is 0 Å². The Morgan fingerprint density at radius 2 is 2.31 bits per heavy atom. The van der Waals surface area contributed by atoms with Crippen molar-refractivity contribution in [3.63, 3.8) is 0 Å². The van der Waals surface area contributed by atoms with E-state index in [1.54, 1.807) is 18.2 Å². The fraction of sp³-hybridized carbons (Fsp3) is 0.200. The highest BCUT2D eigenvalue weighted by Gasteiger charge is 2.07. The van der Waals surface area contributed by atoms with Gasteiger partial charge in [0.25, 0.3) is 0 Å². The van der Waals surface area contributed by atoms with Gasteiger partial charge in [0.2, 0.25) is 0 Å². The molecule has 0 aliphatic heterocycles. The van der Waals surface area contributed by atoms with E-state index in [-0.39, 0.29) is 0 Å². The SMILES string of the molecule is CNC(=O)Oc1ccc(Br)cc1C=NOC. The molecule has 1 aromatic carbocycles. The van der Waals surface area contributed by atoms with Gasteiger partial charge in [-0.2, -0.15) is 0 Å². The van der Waals surface area contributed by atoms with E-state index < -0.39 is 6.09 Å². The van der Waals surface area contributed by atoms with E-state index in [0.717, 1.165) is 4.47 Å². The van der Waals surface area contributed by atoms with E-state index in [2.05, 4.69) is 31.2 Å². The molecule has 0 saturated heterocycles. The summed E-state index contributed by atoms with van der Waals surface area (Å²) >= 11 is 3.31. The molecule has 1 N–H and O–H groups in total. The van der Waals surface area contributed by atoms with Crippen LogP contribution in [-0.4, -0.2) is 26.5 Å². The topological polar surface area (TPSA) is 59.9 Å². The first-order valence-electron chi connectivity index (χ1n) is 4.43. The van der Waals surface area contributed by atoms with Crippen LogP contribution in [0.25, 0.3) is 0 Å². The molecule has 0 aliphatic carbocycles. The van der Waals surface area contributed by atoms with Gasteiger partial charge in [0.05, 0.1) is 6.21 Å². The standard InChI is InChI=1S/C10H11BrN2O3/c1-12-10(14)16-9-4-3-8(11)5-7(9)6-13-15-2/h3-6H,1-2H3,(H,12,14). The molecule has 6 heteroatoms. The second-order valence-electron chi connectivity index (χ2n) is 2.74. The van der Waals surface area contributed by atoms with Crippen molar-refractivity contribution in [3.05, 3.63) is 28.2 Å². The second kappa shape index (κ2) is 6.12. The molecule has 0 fully saturated rings. The molecular formula is C10H11BrN2O3. The third-order valence-electron chi connectivity index (χ3n) is 1.68. The van der Waals surface area contributed by atoms with Crippen LogP contribution in [0.2, 0.25) is 0 Å². The summed E-state index contributed by atoms with van der Waals surface area (Å²) in [7, 11) is 2.93. The monoisotopic (exact) mass is 286 g/mol. The molecule has 1 rings (SSSR count). The van der Waals surface area contributed by atoms with Crippen molar-refractivity contribution in [1.82, 2.24) is 5.32 Å². The average molecular weight is 287 g/mol. The van der Waals surface area contributed by atoms with Gasteiger partial charge in [-0.05, 0) is 18.2 Å². The van der Waals surface area contributed by atoms with Crippen LogP contribution in [0, 0.1) is 0 Å². The number of halogens is 1. The van der Waals surface area contributed by atoms with E-state index in [1.165, 1.54) is 20.4 Å². The summed E-state index contributed by atoms with van der Waals surface area (Å²) in [6.07, 6.45) is 0.928. The Bertz CT molecular complexity index is 407. The molecule has 0 unspecified atom stereocenters. The van der Waals surface area contributed by atoms with Crippen LogP contribution in [0.1, 0.15) is 5.56 Å². The number of hydrogen-bond donors (Lipinski definition) is 1. The van der Waals surface area contributed by atoms with Gasteiger partial charge in [0, 0.05) is 17.1 Å². The Balaban J connectivity index is 2.97. The van der Waals surface area contributed by atoms with Crippen molar-refractivity contribution < 1.29 is 14.4 Å². The summed E-state index contributed by atoms with van der Waals surface area (Å²) in [4.78, 5) is 15.6. The second-order valence-corrected chi connectivity index (χ2v) is 3.65. The van der Waals surface area contributed by atoms with Crippen molar-refractivity contribution in [2.75, 3.05) is 14.2 Å². The zero-order valence-corrected chi connectivity index (χ0v) is 10.4. The van der Waals surface area contributed by atoms with E-state index in [0.29, 0.717) is 11.3 Å². The van der Waals surface area contributed by atoms with Crippen molar-refractivity contribution in [3.8, 4) is 5.75 Å². The number of hydrogen-bond acceptors (Lipinski definition) is 4. The minimum absolute atomic E-state index is 0.406. The first-order chi connectivity index (χ1) is 7.67. The van der Waals surface area contributed by atoms with Gasteiger partial charge in [-0.25, -0.2) is 4.79 Å². The van der Waals surface area contributed by atoms with Crippen LogP contribution < -0.4 is 10.1 Å². The van der Waals surface area contributed by atoms with Crippen LogP contribution in [0.15, 0.2) is 27.8 Å². The number of amides is 1. The average Bonchev–Trinajstić information content (AvgIpc) is 2.29. The largest absolute Gasteiger partial charge is 0.412 e. The Kier molecular flexibility index (Phi) is 4.78. The Morgan fingerprint density at radius 1 is 1.56 bits per heavy atom. The molecule has 1 amide bonds. The zero-order chi connectivity index (χ0) is 12.0. The third-order valence-corrected chi connectivity index (χ3v) is 2.17. The van der Waals surface area contributed by atoms with E-state index >= 15 is 0 Å². The normalized spacial score (nSPS) is 10.2. The predicted octanol–water partition coefficient (Wildman–Crippen LogP) is 2.15. The first-order valence-corrected chi connectivity index (χ1v) is 5.22. The summed E-state index contributed by atoms with van der Waals surface area (Å²) in [5.41, 5.74) is 0.639. The predicted molar refractivity (Wildman–Crippen MR) is 63.8 cm³/mol. The third kappa shape index (κ3) is 3.54. The van der Waals surface area contributed by atoms with Gasteiger partial charge in [-0.1, -0.05) is 21.1 Å². The van der Waals surface area contributed by atoms with E-state index in [9.17, 15) is 4.79 Å². The number of oxime groups is 1. The lowest BCUT2D eigenvalue weighted by molar-refractivity contribution is 0.202. The van der Waals surface area contributed by atoms with Crippen molar-refractivity contribution in [2.45, 2.75) is 0 Å². The zero-order valence-electron chi connectivity index (χ0n) is 8.86. The molecule has 0 aliphatic rings. The molecule has 1 aromatic rings. The molecule has 86 valence electrons. The van der Waals surface area contributed by atoms with Crippen LogP contribution >= 0.6 is 15.9 Å². The number of carbonyl (C=O) groups excluding carboxylic acids is 1. The number of carbonyl (C=O) groups is 1. The Morgan fingerprint density at radius 3 is 2.94 bits per heavy atom. The quantitative estimate of drug-likeness (QED) is 0.684. The summed E-state index contributed by atoms with van der Waals surface area (Å²) in [5.74, 6) is 0.406. The van der Waals surface area contributed by atoms with E-state index in [4.69, 9.17) is 4.74 Å². The lowest BCUT2D eigenvalue weighted by Crippen LogP contribution is -2.22. The van der Waals surface area contributed by atoms with Gasteiger partial charge in [0.15, 0.2) is 0 Å². The molecule has 0 bridgehead atoms. The van der Waals surface area contributed by atoms with Gasteiger partial charge in [0.1, 0.15) is 12.9 Å². The smallest absolute Gasteiger partial charge is 0.410 e. The van der Waals surface area contributed by atoms with Gasteiger partial charge in [-0.15, -0.1) is 0 Å². The summed E-state index contributed by atoms with van der Waals surface area (Å²) < 4.78 is 5.88. The Labute approximate surface area is 102 Å². The number of nitrogens with zero attached hydrogens (tertiary/aromatic N) is 1. The molecule has 16 heavy (non-hydrogen) atoms. The molecule has 0 radical (unpaired) electrons. The first kappa shape index (κ1) is 12.5. The molecule has 0 atom stereocenters. The molecule has 0 spiro atoms. The highest BCUT2D eigenvalue weighted by molar-refractivity contribution is 9.10. The van der Waals surface area contributed by atoms with Crippen LogP contribution in [-0.2, 0) is 4.84 Å². The number of rotatable bonds is 3. The fourth-order valence-electron chi connectivity index (χ4n) is 0.974. The van der Waals surface area contributed by atoms with Gasteiger partial charge < -0.3 is 14.9 Å². The number of ether oxygens (including phenoxy) is 1. The minimum Gasteiger partial charge on any atom is -0.410 e. The molecule has 5 nitrogen and oxygen atoms in total. The molecule has 0 heterocycles. The molecule has 0 saturated carbocycles. The summed E-state index contributed by atoms with van der Waals surface area (Å²) in [5, 5.41) is 5.98. The highest BCUT2D eigenvalue weighted by Crippen LogP contribution is 2.21. The lowest BCUT2D eigenvalue weighted by atomic mass is 10.2. The van der Waals surface area contributed by atoms with Crippen molar-refractivity contribution in [1.29, 1.82) is 0 Å². The lowest BCUT2D eigenvalue weighted by Gasteiger charge is -2.06.